The van der Waals surface area contributed by atoms with E-state index < -0.39 is 0 Å². The van der Waals surface area contributed by atoms with Crippen LogP contribution in [0.25, 0.3) is 10.9 Å². The Morgan fingerprint density at radius 3 is 2.74 bits per heavy atom. The van der Waals surface area contributed by atoms with Gasteiger partial charge in [0.2, 0.25) is 0 Å². The Balaban J connectivity index is 1.46. The van der Waals surface area contributed by atoms with Gasteiger partial charge in [-0.3, -0.25) is 9.67 Å². The highest BCUT2D eigenvalue weighted by Crippen LogP contribution is 2.41. The van der Waals surface area contributed by atoms with Gasteiger partial charge in [-0.1, -0.05) is 42.0 Å². The summed E-state index contributed by atoms with van der Waals surface area (Å²) in [5.74, 6) is 0.622. The van der Waals surface area contributed by atoms with Gasteiger partial charge < -0.3 is 5.32 Å². The van der Waals surface area contributed by atoms with Gasteiger partial charge in [-0.2, -0.15) is 5.10 Å². The van der Waals surface area contributed by atoms with Gasteiger partial charge in [0.15, 0.2) is 0 Å². The largest absolute Gasteiger partial charge is 0.352 e. The molecular formula is C23H22N4. The van der Waals surface area contributed by atoms with Crippen LogP contribution in [0.4, 0.5) is 11.4 Å². The molecule has 1 aliphatic rings. The summed E-state index contributed by atoms with van der Waals surface area (Å²) < 4.78 is 1.97. The molecule has 0 aliphatic heterocycles. The zero-order valence-electron chi connectivity index (χ0n) is 15.4. The molecule has 0 spiro atoms. The number of fused-ring (bicyclic) bond motifs is 1. The first-order chi connectivity index (χ1) is 13.2. The van der Waals surface area contributed by atoms with Crippen LogP contribution in [-0.2, 0) is 6.54 Å². The van der Waals surface area contributed by atoms with Gasteiger partial charge >= 0.3 is 0 Å². The minimum Gasteiger partial charge on any atom is -0.352 e. The lowest BCUT2D eigenvalue weighted by Gasteiger charge is -2.11. The summed E-state index contributed by atoms with van der Waals surface area (Å²) in [5, 5.41) is 9.26. The quantitative estimate of drug-likeness (QED) is 0.521. The maximum Gasteiger partial charge on any atom is 0.0770 e. The summed E-state index contributed by atoms with van der Waals surface area (Å²) in [6, 6.07) is 19.1. The first kappa shape index (κ1) is 16.1. The fourth-order valence-electron chi connectivity index (χ4n) is 3.49. The van der Waals surface area contributed by atoms with E-state index >= 15 is 0 Å². The predicted molar refractivity (Wildman–Crippen MR) is 110 cm³/mol. The Kier molecular flexibility index (Phi) is 3.89. The molecule has 2 aromatic heterocycles. The molecule has 5 rings (SSSR count). The summed E-state index contributed by atoms with van der Waals surface area (Å²) in [5.41, 5.74) is 6.86. The number of rotatable bonds is 5. The van der Waals surface area contributed by atoms with E-state index in [9.17, 15) is 0 Å². The van der Waals surface area contributed by atoms with Crippen LogP contribution in [0.2, 0.25) is 0 Å². The first-order valence-corrected chi connectivity index (χ1v) is 9.49. The van der Waals surface area contributed by atoms with E-state index in [0.717, 1.165) is 28.8 Å². The summed E-state index contributed by atoms with van der Waals surface area (Å²) in [4.78, 5) is 4.88. The highest BCUT2D eigenvalue weighted by atomic mass is 15.3. The van der Waals surface area contributed by atoms with Crippen LogP contribution in [-0.4, -0.2) is 14.8 Å². The van der Waals surface area contributed by atoms with Gasteiger partial charge in [0.05, 0.1) is 23.9 Å². The fraction of sp³-hybridized carbons (Fsp3) is 0.217. The second-order valence-corrected chi connectivity index (χ2v) is 7.43. The van der Waals surface area contributed by atoms with E-state index in [1.54, 1.807) is 0 Å². The molecule has 4 nitrogen and oxygen atoms in total. The molecule has 4 aromatic rings. The Morgan fingerprint density at radius 2 is 1.93 bits per heavy atom. The van der Waals surface area contributed by atoms with Crippen molar-refractivity contribution >= 4 is 22.3 Å². The van der Waals surface area contributed by atoms with E-state index in [1.165, 1.54) is 29.7 Å². The molecule has 0 amide bonds. The van der Waals surface area contributed by atoms with Crippen molar-refractivity contribution in [3.63, 3.8) is 0 Å². The van der Waals surface area contributed by atoms with Gasteiger partial charge in [-0.05, 0) is 43.5 Å². The van der Waals surface area contributed by atoms with Crippen LogP contribution in [0, 0.1) is 6.92 Å². The Labute approximate surface area is 158 Å². The number of aromatic nitrogens is 3. The number of anilines is 2. The maximum absolute atomic E-state index is 4.88. The molecule has 0 bridgehead atoms. The molecule has 1 fully saturated rings. The van der Waals surface area contributed by atoms with Crippen LogP contribution in [0.15, 0.2) is 67.0 Å². The van der Waals surface area contributed by atoms with Crippen molar-refractivity contribution in [1.82, 2.24) is 14.8 Å². The van der Waals surface area contributed by atoms with Crippen molar-refractivity contribution in [2.45, 2.75) is 32.2 Å². The number of aryl methyl sites for hydroxylation is 1. The van der Waals surface area contributed by atoms with Crippen molar-refractivity contribution in [3.05, 3.63) is 83.8 Å². The van der Waals surface area contributed by atoms with Crippen molar-refractivity contribution in [2.75, 3.05) is 5.32 Å². The van der Waals surface area contributed by atoms with Crippen molar-refractivity contribution in [2.24, 2.45) is 0 Å². The molecule has 27 heavy (non-hydrogen) atoms. The van der Waals surface area contributed by atoms with Crippen molar-refractivity contribution in [3.8, 4) is 0 Å². The number of hydrogen-bond donors (Lipinski definition) is 1. The highest BCUT2D eigenvalue weighted by molar-refractivity contribution is 5.93. The number of nitrogens with zero attached hydrogens (tertiary/aromatic N) is 3. The third-order valence-corrected chi connectivity index (χ3v) is 5.08. The van der Waals surface area contributed by atoms with Gasteiger partial charge in [0.25, 0.3) is 0 Å². The molecular weight excluding hydrogens is 332 g/mol. The maximum atomic E-state index is 4.88. The molecule has 2 heterocycles. The topological polar surface area (TPSA) is 42.7 Å². The molecule has 0 radical (unpaired) electrons. The van der Waals surface area contributed by atoms with Gasteiger partial charge in [0, 0.05) is 28.9 Å². The third kappa shape index (κ3) is 3.43. The van der Waals surface area contributed by atoms with Crippen molar-refractivity contribution < 1.29 is 0 Å². The Hall–Kier alpha value is -3.14. The van der Waals surface area contributed by atoms with Gasteiger partial charge in [0.1, 0.15) is 0 Å². The van der Waals surface area contributed by atoms with Gasteiger partial charge in [-0.25, -0.2) is 0 Å². The van der Waals surface area contributed by atoms with E-state index in [0.29, 0.717) is 5.92 Å². The predicted octanol–water partition coefficient (Wildman–Crippen LogP) is 5.41. The molecule has 134 valence electrons. The summed E-state index contributed by atoms with van der Waals surface area (Å²) in [7, 11) is 0. The lowest BCUT2D eigenvalue weighted by atomic mass is 10.1. The number of benzene rings is 2. The number of nitrogens with one attached hydrogen (secondary N) is 1. The second-order valence-electron chi connectivity index (χ2n) is 7.43. The van der Waals surface area contributed by atoms with E-state index in [2.05, 4.69) is 72.1 Å². The Bertz CT molecular complexity index is 1090. The van der Waals surface area contributed by atoms with Crippen LogP contribution in [0.5, 0.6) is 0 Å². The average Bonchev–Trinajstić information content (AvgIpc) is 3.44. The molecule has 1 N–H and O–H groups in total. The van der Waals surface area contributed by atoms with Gasteiger partial charge in [-0.15, -0.1) is 0 Å². The Morgan fingerprint density at radius 1 is 1.07 bits per heavy atom. The number of hydrogen-bond acceptors (Lipinski definition) is 3. The first-order valence-electron chi connectivity index (χ1n) is 9.49. The van der Waals surface area contributed by atoms with E-state index in [-0.39, 0.29) is 0 Å². The smallest absolute Gasteiger partial charge is 0.0770 e. The highest BCUT2D eigenvalue weighted by Gasteiger charge is 2.26. The second kappa shape index (κ2) is 6.54. The molecule has 0 saturated heterocycles. The molecule has 0 unspecified atom stereocenters. The molecule has 2 aromatic carbocycles. The average molecular weight is 354 g/mol. The monoisotopic (exact) mass is 354 g/mol. The van der Waals surface area contributed by atoms with Crippen LogP contribution < -0.4 is 5.32 Å². The summed E-state index contributed by atoms with van der Waals surface area (Å²) >= 11 is 0. The minimum absolute atomic E-state index is 0.622. The zero-order valence-corrected chi connectivity index (χ0v) is 15.4. The lowest BCUT2D eigenvalue weighted by molar-refractivity contribution is 0.687. The minimum atomic E-state index is 0.622. The standard InChI is InChI=1S/C23H22N4/c1-16-7-10-21-20(11-16)23(12-22(26-21)18-8-9-18)25-19-13-24-27(15-19)14-17-5-3-2-4-6-17/h2-7,10-13,15,18H,8-9,14H2,1H3,(H,25,26). The van der Waals surface area contributed by atoms with Crippen molar-refractivity contribution in [1.29, 1.82) is 0 Å². The molecule has 0 atom stereocenters. The van der Waals surface area contributed by atoms with E-state index in [1.807, 2.05) is 16.9 Å². The lowest BCUT2D eigenvalue weighted by Crippen LogP contribution is -1.99. The third-order valence-electron chi connectivity index (χ3n) is 5.08. The van der Waals surface area contributed by atoms with Crippen LogP contribution in [0.1, 0.15) is 35.6 Å². The normalized spacial score (nSPS) is 13.8. The SMILES string of the molecule is Cc1ccc2nc(C3CC3)cc(Nc3cnn(Cc4ccccc4)c3)c2c1. The summed E-state index contributed by atoms with van der Waals surface area (Å²) in [6.07, 6.45) is 6.45. The fourth-order valence-corrected chi connectivity index (χ4v) is 3.49. The molecule has 1 aliphatic carbocycles. The van der Waals surface area contributed by atoms with Crippen LogP contribution in [0.3, 0.4) is 0 Å². The molecule has 1 saturated carbocycles. The van der Waals surface area contributed by atoms with E-state index in [4.69, 9.17) is 4.98 Å². The molecule has 4 heteroatoms. The number of pyridine rings is 1. The zero-order chi connectivity index (χ0) is 18.2. The van der Waals surface area contributed by atoms with Crippen LogP contribution >= 0.6 is 0 Å². The summed E-state index contributed by atoms with van der Waals surface area (Å²) in [6.45, 7) is 2.89.